The number of amides is 3. The van der Waals surface area contributed by atoms with Crippen molar-refractivity contribution in [2.24, 2.45) is 0 Å². The van der Waals surface area contributed by atoms with Gasteiger partial charge in [0.1, 0.15) is 11.8 Å². The minimum Gasteiger partial charge on any atom is -0.478 e. The molecule has 2 aromatic carbocycles. The Morgan fingerprint density at radius 2 is 1.57 bits per heavy atom. The van der Waals surface area contributed by atoms with Crippen LogP contribution in [0.5, 0.6) is 5.75 Å². The summed E-state index contributed by atoms with van der Waals surface area (Å²) in [6.07, 6.45) is -0.315. The van der Waals surface area contributed by atoms with Gasteiger partial charge >= 0.3 is 18.4 Å². The van der Waals surface area contributed by atoms with Gasteiger partial charge in [0, 0.05) is 18.3 Å². The van der Waals surface area contributed by atoms with E-state index in [0.29, 0.717) is 31.0 Å². The van der Waals surface area contributed by atoms with Crippen LogP contribution < -0.4 is 15.4 Å². The van der Waals surface area contributed by atoms with Crippen LogP contribution in [0.15, 0.2) is 48.5 Å². The second kappa shape index (κ2) is 11.1. The van der Waals surface area contributed by atoms with E-state index < -0.39 is 30.2 Å². The number of rotatable bonds is 6. The summed E-state index contributed by atoms with van der Waals surface area (Å²) in [5, 5.41) is 14.8. The van der Waals surface area contributed by atoms with E-state index in [1.807, 2.05) is 12.1 Å². The molecule has 1 saturated heterocycles. The fourth-order valence-electron chi connectivity index (χ4n) is 4.98. The number of carboxylic acid groups (broad SMARTS) is 1. The Morgan fingerprint density at radius 3 is 2.16 bits per heavy atom. The van der Waals surface area contributed by atoms with E-state index in [9.17, 15) is 27.6 Å². The number of likely N-dealkylation sites (tertiary alicyclic amines) is 1. The highest BCUT2D eigenvalue weighted by molar-refractivity contribution is 5.94. The molecule has 1 saturated carbocycles. The molecule has 2 fully saturated rings. The summed E-state index contributed by atoms with van der Waals surface area (Å²) in [5.74, 6) is -1.26. The summed E-state index contributed by atoms with van der Waals surface area (Å²) in [6.45, 7) is 0.401. The first-order chi connectivity index (χ1) is 17.6. The molecule has 2 aromatic rings. The number of ether oxygens (including phenoxy) is 1. The van der Waals surface area contributed by atoms with Crippen molar-refractivity contribution in [2.45, 2.75) is 62.9 Å². The van der Waals surface area contributed by atoms with E-state index in [1.54, 1.807) is 12.1 Å². The van der Waals surface area contributed by atoms with Crippen LogP contribution >= 0.6 is 0 Å². The number of urea groups is 1. The SMILES string of the molecule is O=C(O)c1ccc(C2CCC(NC(=O)[C@H]3CCCN3C(=O)Nc3ccc(OC(F)(F)F)cc3)CC2)cc1. The van der Waals surface area contributed by atoms with E-state index >= 15 is 0 Å². The molecule has 2 aliphatic rings. The summed E-state index contributed by atoms with van der Waals surface area (Å²) in [4.78, 5) is 38.3. The molecule has 0 unspecified atom stereocenters. The van der Waals surface area contributed by atoms with Gasteiger partial charge < -0.3 is 25.4 Å². The normalized spacial score (nSPS) is 21.8. The zero-order valence-corrected chi connectivity index (χ0v) is 20.0. The number of hydrogen-bond acceptors (Lipinski definition) is 4. The van der Waals surface area contributed by atoms with Gasteiger partial charge in [-0.1, -0.05) is 12.1 Å². The lowest BCUT2D eigenvalue weighted by molar-refractivity contribution is -0.274. The number of alkyl halides is 3. The summed E-state index contributed by atoms with van der Waals surface area (Å²) >= 11 is 0. The molecule has 3 amide bonds. The van der Waals surface area contributed by atoms with Crippen LogP contribution in [0.4, 0.5) is 23.7 Å². The molecule has 0 bridgehead atoms. The third-order valence-electron chi connectivity index (χ3n) is 6.86. The van der Waals surface area contributed by atoms with Gasteiger partial charge in [-0.2, -0.15) is 0 Å². The number of benzene rings is 2. The number of halogens is 3. The monoisotopic (exact) mass is 519 g/mol. The van der Waals surface area contributed by atoms with Gasteiger partial charge in [-0.05, 0) is 86.4 Å². The molecule has 8 nitrogen and oxygen atoms in total. The van der Waals surface area contributed by atoms with Crippen LogP contribution in [-0.4, -0.2) is 52.9 Å². The Labute approximate surface area is 211 Å². The van der Waals surface area contributed by atoms with Crippen molar-refractivity contribution < 1.29 is 37.4 Å². The van der Waals surface area contributed by atoms with Gasteiger partial charge in [-0.15, -0.1) is 13.2 Å². The zero-order chi connectivity index (χ0) is 26.6. The number of carbonyl (C=O) groups is 3. The van der Waals surface area contributed by atoms with Crippen molar-refractivity contribution in [3.63, 3.8) is 0 Å². The molecule has 1 heterocycles. The first-order valence-electron chi connectivity index (χ1n) is 12.2. The van der Waals surface area contributed by atoms with Crippen LogP contribution in [0.3, 0.4) is 0 Å². The van der Waals surface area contributed by atoms with Crippen LogP contribution in [0.1, 0.15) is 60.4 Å². The Balaban J connectivity index is 1.27. The van der Waals surface area contributed by atoms with Crippen LogP contribution in [0.2, 0.25) is 0 Å². The van der Waals surface area contributed by atoms with E-state index in [0.717, 1.165) is 43.4 Å². The molecule has 11 heteroatoms. The van der Waals surface area contributed by atoms with Gasteiger partial charge in [0.25, 0.3) is 0 Å². The average Bonchev–Trinajstić information content (AvgIpc) is 3.35. The van der Waals surface area contributed by atoms with Crippen molar-refractivity contribution in [2.75, 3.05) is 11.9 Å². The number of aromatic carboxylic acids is 1. The van der Waals surface area contributed by atoms with Gasteiger partial charge in [-0.25, -0.2) is 9.59 Å². The molecular formula is C26H28F3N3O5. The standard InChI is InChI=1S/C26H28F3N3O5/c27-26(28,29)37-21-13-11-20(12-14-21)31-25(36)32-15-1-2-22(32)23(33)30-19-9-7-17(8-10-19)16-3-5-18(6-4-16)24(34)35/h3-6,11-14,17,19,22H,1-2,7-10,15H2,(H,30,33)(H,31,36)(H,34,35)/t17?,19?,22-/m1/s1. The van der Waals surface area contributed by atoms with Crippen molar-refractivity contribution in [1.29, 1.82) is 0 Å². The highest BCUT2D eigenvalue weighted by Gasteiger charge is 2.36. The Kier molecular flexibility index (Phi) is 7.89. The number of nitrogens with zero attached hydrogens (tertiary/aromatic N) is 1. The molecule has 0 aromatic heterocycles. The summed E-state index contributed by atoms with van der Waals surface area (Å²) in [6, 6.07) is 10.6. The lowest BCUT2D eigenvalue weighted by Gasteiger charge is -2.31. The maximum Gasteiger partial charge on any atom is 0.573 e. The van der Waals surface area contributed by atoms with Gasteiger partial charge in [0.15, 0.2) is 0 Å². The highest BCUT2D eigenvalue weighted by atomic mass is 19.4. The topological polar surface area (TPSA) is 108 Å². The smallest absolute Gasteiger partial charge is 0.478 e. The minimum absolute atomic E-state index is 0.00580. The highest BCUT2D eigenvalue weighted by Crippen LogP contribution is 2.33. The lowest BCUT2D eigenvalue weighted by atomic mass is 9.81. The predicted molar refractivity (Wildman–Crippen MR) is 128 cm³/mol. The van der Waals surface area contributed by atoms with E-state index in [2.05, 4.69) is 15.4 Å². The van der Waals surface area contributed by atoms with Crippen LogP contribution in [0, 0.1) is 0 Å². The molecule has 198 valence electrons. The maximum atomic E-state index is 13.0. The summed E-state index contributed by atoms with van der Waals surface area (Å²) in [5.41, 5.74) is 1.63. The molecule has 4 rings (SSSR count). The molecular weight excluding hydrogens is 491 g/mol. The lowest BCUT2D eigenvalue weighted by Crippen LogP contribution is -2.50. The molecule has 0 radical (unpaired) electrons. The zero-order valence-electron chi connectivity index (χ0n) is 20.0. The second-order valence-corrected chi connectivity index (χ2v) is 9.34. The fourth-order valence-corrected chi connectivity index (χ4v) is 4.98. The number of nitrogens with one attached hydrogen (secondary N) is 2. The maximum absolute atomic E-state index is 13.0. The largest absolute Gasteiger partial charge is 0.573 e. The molecule has 37 heavy (non-hydrogen) atoms. The fraction of sp³-hybridized carbons (Fsp3) is 0.423. The number of anilines is 1. The Hall–Kier alpha value is -3.76. The third kappa shape index (κ3) is 6.93. The van der Waals surface area contributed by atoms with E-state index in [1.165, 1.54) is 17.0 Å². The predicted octanol–water partition coefficient (Wildman–Crippen LogP) is 5.12. The Morgan fingerprint density at radius 1 is 0.919 bits per heavy atom. The number of carboxylic acids is 1. The third-order valence-corrected chi connectivity index (χ3v) is 6.86. The van der Waals surface area contributed by atoms with Crippen molar-refractivity contribution in [3.05, 3.63) is 59.7 Å². The number of hydrogen-bond donors (Lipinski definition) is 3. The first-order valence-corrected chi connectivity index (χ1v) is 12.2. The molecule has 3 N–H and O–H groups in total. The second-order valence-electron chi connectivity index (χ2n) is 9.34. The van der Waals surface area contributed by atoms with Crippen molar-refractivity contribution in [3.8, 4) is 5.75 Å². The molecule has 1 aliphatic heterocycles. The molecule has 0 spiro atoms. The summed E-state index contributed by atoms with van der Waals surface area (Å²) in [7, 11) is 0. The quantitative estimate of drug-likeness (QED) is 0.491. The van der Waals surface area contributed by atoms with Crippen LogP contribution in [-0.2, 0) is 4.79 Å². The van der Waals surface area contributed by atoms with Crippen molar-refractivity contribution >= 4 is 23.6 Å². The number of carbonyl (C=O) groups excluding carboxylic acids is 2. The van der Waals surface area contributed by atoms with Gasteiger partial charge in [-0.3, -0.25) is 4.79 Å². The molecule has 1 aliphatic carbocycles. The first kappa shape index (κ1) is 26.3. The average molecular weight is 520 g/mol. The molecule has 1 atom stereocenters. The van der Waals surface area contributed by atoms with Gasteiger partial charge in [0.2, 0.25) is 5.91 Å². The van der Waals surface area contributed by atoms with E-state index in [4.69, 9.17) is 5.11 Å². The van der Waals surface area contributed by atoms with Crippen LogP contribution in [0.25, 0.3) is 0 Å². The Bertz CT molecular complexity index is 1110. The van der Waals surface area contributed by atoms with E-state index in [-0.39, 0.29) is 17.5 Å². The minimum atomic E-state index is -4.80. The summed E-state index contributed by atoms with van der Waals surface area (Å²) < 4.78 is 40.8. The van der Waals surface area contributed by atoms with Crippen molar-refractivity contribution in [1.82, 2.24) is 10.2 Å². The van der Waals surface area contributed by atoms with Gasteiger partial charge in [0.05, 0.1) is 5.56 Å².